The Kier molecular flexibility index (Phi) is 2.91. The average Bonchev–Trinajstić information content (AvgIpc) is 2.36. The molecule has 1 aromatic heterocycles. The Morgan fingerprint density at radius 1 is 1.29 bits per heavy atom. The van der Waals surface area contributed by atoms with Gasteiger partial charge in [0.05, 0.1) is 25.3 Å². The lowest BCUT2D eigenvalue weighted by Gasteiger charge is -2.07. The van der Waals surface area contributed by atoms with Crippen LogP contribution in [0.25, 0.3) is 10.9 Å². The molecule has 2 aromatic rings. The van der Waals surface area contributed by atoms with Gasteiger partial charge < -0.3 is 9.47 Å². The quantitative estimate of drug-likeness (QED) is 0.748. The van der Waals surface area contributed by atoms with Gasteiger partial charge in [0.25, 0.3) is 0 Å². The maximum atomic E-state index is 13.2. The van der Waals surface area contributed by atoms with Gasteiger partial charge in [0.2, 0.25) is 5.88 Å². The van der Waals surface area contributed by atoms with Gasteiger partial charge in [-0.15, -0.1) is 0 Å². The number of halogens is 1. The molecule has 88 valence electrons. The third kappa shape index (κ3) is 2.04. The van der Waals surface area contributed by atoms with Crippen molar-refractivity contribution in [3.63, 3.8) is 0 Å². The van der Waals surface area contributed by atoms with Crippen molar-refractivity contribution in [2.24, 2.45) is 0 Å². The van der Waals surface area contributed by atoms with Crippen molar-refractivity contribution in [1.29, 1.82) is 0 Å². The predicted octanol–water partition coefficient (Wildman–Crippen LogP) is 2.17. The minimum atomic E-state index is -0.554. The third-order valence-electron chi connectivity index (χ3n) is 2.36. The molecule has 0 aliphatic heterocycles. The third-order valence-corrected chi connectivity index (χ3v) is 2.36. The molecule has 0 saturated carbocycles. The zero-order valence-electron chi connectivity index (χ0n) is 9.36. The number of aromatic nitrogens is 1. The zero-order valence-corrected chi connectivity index (χ0v) is 9.36. The van der Waals surface area contributed by atoms with Crippen LogP contribution in [0.2, 0.25) is 0 Å². The Bertz CT molecular complexity index is 583. The Hall–Kier alpha value is -2.17. The van der Waals surface area contributed by atoms with Crippen molar-refractivity contribution in [1.82, 2.24) is 4.98 Å². The highest BCUT2D eigenvalue weighted by Crippen LogP contribution is 2.23. The molecule has 0 atom stereocenters. The van der Waals surface area contributed by atoms with Gasteiger partial charge in [-0.25, -0.2) is 14.2 Å². The second-order valence-electron chi connectivity index (χ2n) is 3.37. The molecule has 0 fully saturated rings. The molecule has 1 aromatic carbocycles. The number of hydrogen-bond donors (Lipinski definition) is 0. The van der Waals surface area contributed by atoms with E-state index in [0.29, 0.717) is 10.9 Å². The fourth-order valence-electron chi connectivity index (χ4n) is 1.56. The molecule has 0 spiro atoms. The van der Waals surface area contributed by atoms with Gasteiger partial charge in [-0.05, 0) is 18.2 Å². The molecule has 17 heavy (non-hydrogen) atoms. The SMILES string of the molecule is COC(=O)c1cc(OC)nc2ccc(F)cc12. The second kappa shape index (κ2) is 4.37. The molecule has 4 nitrogen and oxygen atoms in total. The van der Waals surface area contributed by atoms with Crippen LogP contribution in [-0.4, -0.2) is 25.2 Å². The molecular weight excluding hydrogens is 225 g/mol. The molecule has 2 rings (SSSR count). The number of esters is 1. The first kappa shape index (κ1) is 11.3. The number of rotatable bonds is 2. The summed E-state index contributed by atoms with van der Waals surface area (Å²) < 4.78 is 22.8. The smallest absolute Gasteiger partial charge is 0.338 e. The maximum Gasteiger partial charge on any atom is 0.338 e. The van der Waals surface area contributed by atoms with Crippen LogP contribution in [-0.2, 0) is 4.74 Å². The minimum Gasteiger partial charge on any atom is -0.481 e. The number of carbonyl (C=O) groups is 1. The number of fused-ring (bicyclic) bond motifs is 1. The number of carbonyl (C=O) groups excluding carboxylic acids is 1. The standard InChI is InChI=1S/C12H10FNO3/c1-16-11-6-9(12(15)17-2)8-5-7(13)3-4-10(8)14-11/h3-6H,1-2H3. The minimum absolute atomic E-state index is 0.230. The largest absolute Gasteiger partial charge is 0.481 e. The van der Waals surface area contributed by atoms with Crippen molar-refractivity contribution < 1.29 is 18.7 Å². The van der Waals surface area contributed by atoms with E-state index in [2.05, 4.69) is 9.72 Å². The Morgan fingerprint density at radius 3 is 2.71 bits per heavy atom. The Balaban J connectivity index is 2.76. The van der Waals surface area contributed by atoms with E-state index < -0.39 is 11.8 Å². The van der Waals surface area contributed by atoms with E-state index >= 15 is 0 Å². The predicted molar refractivity (Wildman–Crippen MR) is 59.6 cm³/mol. The summed E-state index contributed by atoms with van der Waals surface area (Å²) >= 11 is 0. The van der Waals surface area contributed by atoms with Crippen molar-refractivity contribution in [3.05, 3.63) is 35.6 Å². The van der Waals surface area contributed by atoms with Crippen LogP contribution in [0.15, 0.2) is 24.3 Å². The molecule has 0 aliphatic rings. The molecule has 0 amide bonds. The zero-order chi connectivity index (χ0) is 12.4. The summed E-state index contributed by atoms with van der Waals surface area (Å²) in [5.41, 5.74) is 0.708. The molecule has 0 radical (unpaired) electrons. The van der Waals surface area contributed by atoms with Crippen molar-refractivity contribution >= 4 is 16.9 Å². The first-order valence-corrected chi connectivity index (χ1v) is 4.88. The van der Waals surface area contributed by atoms with Gasteiger partial charge in [0.1, 0.15) is 5.82 Å². The Labute approximate surface area is 97.0 Å². The molecule has 0 saturated heterocycles. The summed E-state index contributed by atoms with van der Waals surface area (Å²) in [5.74, 6) is -0.708. The summed E-state index contributed by atoms with van der Waals surface area (Å²) in [5, 5.41) is 0.401. The van der Waals surface area contributed by atoms with Gasteiger partial charge in [0.15, 0.2) is 0 Å². The number of pyridine rings is 1. The highest BCUT2D eigenvalue weighted by atomic mass is 19.1. The van der Waals surface area contributed by atoms with Crippen molar-refractivity contribution in [2.45, 2.75) is 0 Å². The highest BCUT2D eigenvalue weighted by molar-refractivity contribution is 6.03. The number of nitrogens with zero attached hydrogens (tertiary/aromatic N) is 1. The first-order chi connectivity index (χ1) is 8.15. The lowest BCUT2D eigenvalue weighted by molar-refractivity contribution is 0.0602. The second-order valence-corrected chi connectivity index (χ2v) is 3.37. The average molecular weight is 235 g/mol. The van der Waals surface area contributed by atoms with E-state index in [1.54, 1.807) is 0 Å². The number of methoxy groups -OCH3 is 2. The fraction of sp³-hybridized carbons (Fsp3) is 0.167. The molecule has 0 N–H and O–H groups in total. The molecule has 5 heteroatoms. The van der Waals surface area contributed by atoms with Gasteiger partial charge in [0, 0.05) is 11.5 Å². The van der Waals surface area contributed by atoms with Gasteiger partial charge >= 0.3 is 5.97 Å². The molecule has 0 unspecified atom stereocenters. The van der Waals surface area contributed by atoms with E-state index in [0.717, 1.165) is 0 Å². The molecule has 0 aliphatic carbocycles. The lowest BCUT2D eigenvalue weighted by Crippen LogP contribution is -2.04. The van der Waals surface area contributed by atoms with E-state index in [9.17, 15) is 9.18 Å². The fourth-order valence-corrected chi connectivity index (χ4v) is 1.56. The van der Waals surface area contributed by atoms with E-state index in [4.69, 9.17) is 4.74 Å². The number of ether oxygens (including phenoxy) is 2. The van der Waals surface area contributed by atoms with E-state index in [-0.39, 0.29) is 11.4 Å². The number of hydrogen-bond acceptors (Lipinski definition) is 4. The van der Waals surface area contributed by atoms with Crippen LogP contribution in [0.3, 0.4) is 0 Å². The van der Waals surface area contributed by atoms with E-state index in [1.807, 2.05) is 0 Å². The van der Waals surface area contributed by atoms with Crippen LogP contribution in [0, 0.1) is 5.82 Å². The molecular formula is C12H10FNO3. The van der Waals surface area contributed by atoms with E-state index in [1.165, 1.54) is 38.5 Å². The van der Waals surface area contributed by atoms with Crippen LogP contribution in [0.4, 0.5) is 4.39 Å². The van der Waals surface area contributed by atoms with Crippen LogP contribution < -0.4 is 4.74 Å². The maximum absolute atomic E-state index is 13.2. The lowest BCUT2D eigenvalue weighted by atomic mass is 10.1. The summed E-state index contributed by atoms with van der Waals surface area (Å²) in [6.45, 7) is 0. The van der Waals surface area contributed by atoms with Gasteiger partial charge in [-0.2, -0.15) is 0 Å². The van der Waals surface area contributed by atoms with Crippen LogP contribution >= 0.6 is 0 Å². The van der Waals surface area contributed by atoms with Gasteiger partial charge in [-0.1, -0.05) is 0 Å². The van der Waals surface area contributed by atoms with Crippen LogP contribution in [0.5, 0.6) is 5.88 Å². The molecule has 1 heterocycles. The van der Waals surface area contributed by atoms with Crippen molar-refractivity contribution in [3.8, 4) is 5.88 Å². The number of benzene rings is 1. The first-order valence-electron chi connectivity index (χ1n) is 4.88. The molecule has 0 bridgehead atoms. The monoisotopic (exact) mass is 235 g/mol. The summed E-state index contributed by atoms with van der Waals surface area (Å²) in [7, 11) is 2.71. The summed E-state index contributed by atoms with van der Waals surface area (Å²) in [6, 6.07) is 5.43. The van der Waals surface area contributed by atoms with Crippen LogP contribution in [0.1, 0.15) is 10.4 Å². The summed E-state index contributed by atoms with van der Waals surface area (Å²) in [6.07, 6.45) is 0. The highest BCUT2D eigenvalue weighted by Gasteiger charge is 2.14. The summed E-state index contributed by atoms with van der Waals surface area (Å²) in [4.78, 5) is 15.7. The van der Waals surface area contributed by atoms with Crippen molar-refractivity contribution in [2.75, 3.05) is 14.2 Å². The normalized spacial score (nSPS) is 10.3. The Morgan fingerprint density at radius 2 is 2.06 bits per heavy atom. The van der Waals surface area contributed by atoms with Gasteiger partial charge in [-0.3, -0.25) is 0 Å². The topological polar surface area (TPSA) is 48.4 Å².